The SMILES string of the molecule is CC(C)N1CCN2c3ncccc3NCCC2C1. The Kier molecular flexibility index (Phi) is 3.12. The Morgan fingerprint density at radius 1 is 1.39 bits per heavy atom. The summed E-state index contributed by atoms with van der Waals surface area (Å²) in [6.45, 7) is 9.02. The van der Waals surface area contributed by atoms with Gasteiger partial charge in [0.2, 0.25) is 0 Å². The van der Waals surface area contributed by atoms with Crippen molar-refractivity contribution in [2.24, 2.45) is 0 Å². The minimum Gasteiger partial charge on any atom is -0.382 e. The predicted molar refractivity (Wildman–Crippen MR) is 75.2 cm³/mol. The van der Waals surface area contributed by atoms with Crippen molar-refractivity contribution in [1.29, 1.82) is 0 Å². The summed E-state index contributed by atoms with van der Waals surface area (Å²) in [6.07, 6.45) is 3.09. The number of anilines is 2. The highest BCUT2D eigenvalue weighted by molar-refractivity contribution is 5.67. The monoisotopic (exact) mass is 246 g/mol. The topological polar surface area (TPSA) is 31.4 Å². The van der Waals surface area contributed by atoms with Crippen LogP contribution in [0.2, 0.25) is 0 Å². The van der Waals surface area contributed by atoms with Crippen LogP contribution in [0.1, 0.15) is 20.3 Å². The Hall–Kier alpha value is -1.29. The van der Waals surface area contributed by atoms with Crippen LogP contribution < -0.4 is 10.2 Å². The van der Waals surface area contributed by atoms with Gasteiger partial charge >= 0.3 is 0 Å². The molecule has 0 saturated carbocycles. The molecular weight excluding hydrogens is 224 g/mol. The standard InChI is InChI=1S/C14H22N4/c1-11(2)17-8-9-18-12(10-17)5-7-15-13-4-3-6-16-14(13)18/h3-4,6,11-12,15H,5,7-10H2,1-2H3. The van der Waals surface area contributed by atoms with E-state index in [0.29, 0.717) is 12.1 Å². The van der Waals surface area contributed by atoms with Crippen LogP contribution in [0.3, 0.4) is 0 Å². The lowest BCUT2D eigenvalue weighted by molar-refractivity contribution is 0.178. The molecule has 4 nitrogen and oxygen atoms in total. The molecule has 3 heterocycles. The molecule has 1 aromatic rings. The number of hydrogen-bond acceptors (Lipinski definition) is 4. The Balaban J connectivity index is 1.86. The first kappa shape index (κ1) is 11.8. The Morgan fingerprint density at radius 3 is 3.11 bits per heavy atom. The second kappa shape index (κ2) is 4.76. The second-order valence-electron chi connectivity index (χ2n) is 5.53. The summed E-state index contributed by atoms with van der Waals surface area (Å²) in [5.41, 5.74) is 1.19. The number of hydrogen-bond donors (Lipinski definition) is 1. The number of pyridine rings is 1. The van der Waals surface area contributed by atoms with Crippen LogP contribution >= 0.6 is 0 Å². The summed E-state index contributed by atoms with van der Waals surface area (Å²) < 4.78 is 0. The summed E-state index contributed by atoms with van der Waals surface area (Å²) in [5.74, 6) is 1.14. The molecule has 0 bridgehead atoms. The smallest absolute Gasteiger partial charge is 0.152 e. The fraction of sp³-hybridized carbons (Fsp3) is 0.643. The molecule has 2 aliphatic rings. The molecule has 1 atom stereocenters. The van der Waals surface area contributed by atoms with Crippen molar-refractivity contribution in [2.75, 3.05) is 36.4 Å². The number of aromatic nitrogens is 1. The maximum Gasteiger partial charge on any atom is 0.152 e. The summed E-state index contributed by atoms with van der Waals surface area (Å²) in [6, 6.07) is 5.40. The van der Waals surface area contributed by atoms with Crippen LogP contribution in [0, 0.1) is 0 Å². The molecule has 1 N–H and O–H groups in total. The van der Waals surface area contributed by atoms with Crippen LogP contribution in [-0.4, -0.2) is 48.1 Å². The van der Waals surface area contributed by atoms with Gasteiger partial charge in [0.15, 0.2) is 5.82 Å². The number of nitrogens with one attached hydrogen (secondary N) is 1. The number of nitrogens with zero attached hydrogens (tertiary/aromatic N) is 3. The van der Waals surface area contributed by atoms with Gasteiger partial charge in [-0.25, -0.2) is 4.98 Å². The maximum absolute atomic E-state index is 4.58. The molecule has 0 aromatic carbocycles. The van der Waals surface area contributed by atoms with Crippen LogP contribution in [0.25, 0.3) is 0 Å². The second-order valence-corrected chi connectivity index (χ2v) is 5.53. The van der Waals surface area contributed by atoms with E-state index in [4.69, 9.17) is 0 Å². The lowest BCUT2D eigenvalue weighted by atomic mass is 10.1. The molecule has 1 unspecified atom stereocenters. The van der Waals surface area contributed by atoms with Gasteiger partial charge in [-0.1, -0.05) is 0 Å². The maximum atomic E-state index is 4.58. The molecule has 1 aromatic heterocycles. The zero-order valence-electron chi connectivity index (χ0n) is 11.3. The van der Waals surface area contributed by atoms with Crippen molar-refractivity contribution in [3.63, 3.8) is 0 Å². The average Bonchev–Trinajstić information content (AvgIpc) is 2.57. The first-order valence-corrected chi connectivity index (χ1v) is 6.95. The Morgan fingerprint density at radius 2 is 2.28 bits per heavy atom. The Bertz CT molecular complexity index is 418. The molecular formula is C14H22N4. The highest BCUT2D eigenvalue weighted by atomic mass is 15.3. The van der Waals surface area contributed by atoms with Gasteiger partial charge < -0.3 is 10.2 Å². The quantitative estimate of drug-likeness (QED) is 0.818. The minimum absolute atomic E-state index is 0.602. The first-order valence-electron chi connectivity index (χ1n) is 6.95. The molecule has 0 radical (unpaired) electrons. The van der Waals surface area contributed by atoms with Crippen molar-refractivity contribution in [3.05, 3.63) is 18.3 Å². The van der Waals surface area contributed by atoms with Gasteiger partial charge in [0.05, 0.1) is 5.69 Å². The fourth-order valence-electron chi connectivity index (χ4n) is 3.01. The molecule has 1 saturated heterocycles. The van der Waals surface area contributed by atoms with E-state index in [1.807, 2.05) is 12.3 Å². The van der Waals surface area contributed by atoms with E-state index in [1.165, 1.54) is 12.1 Å². The summed E-state index contributed by atoms with van der Waals surface area (Å²) in [4.78, 5) is 9.65. The van der Waals surface area contributed by atoms with E-state index in [0.717, 1.165) is 32.0 Å². The van der Waals surface area contributed by atoms with E-state index >= 15 is 0 Å². The average molecular weight is 246 g/mol. The molecule has 3 rings (SSSR count). The summed E-state index contributed by atoms with van der Waals surface area (Å²) >= 11 is 0. The normalized spacial score (nSPS) is 24.2. The van der Waals surface area contributed by atoms with Crippen LogP contribution in [0.4, 0.5) is 11.5 Å². The number of piperazine rings is 1. The zero-order valence-corrected chi connectivity index (χ0v) is 11.3. The van der Waals surface area contributed by atoms with E-state index in [1.54, 1.807) is 0 Å². The molecule has 0 aliphatic carbocycles. The van der Waals surface area contributed by atoms with Crippen LogP contribution in [0.5, 0.6) is 0 Å². The van der Waals surface area contributed by atoms with Crippen molar-refractivity contribution >= 4 is 11.5 Å². The molecule has 2 aliphatic heterocycles. The van der Waals surface area contributed by atoms with Gasteiger partial charge in [0, 0.05) is 44.5 Å². The molecule has 98 valence electrons. The third-order valence-electron chi connectivity index (χ3n) is 4.10. The molecule has 0 amide bonds. The Labute approximate surface area is 109 Å². The van der Waals surface area contributed by atoms with E-state index in [-0.39, 0.29) is 0 Å². The van der Waals surface area contributed by atoms with E-state index < -0.39 is 0 Å². The van der Waals surface area contributed by atoms with Crippen molar-refractivity contribution in [3.8, 4) is 0 Å². The highest BCUT2D eigenvalue weighted by Crippen LogP contribution is 2.30. The zero-order chi connectivity index (χ0) is 12.5. The number of fused-ring (bicyclic) bond motifs is 3. The largest absolute Gasteiger partial charge is 0.382 e. The van der Waals surface area contributed by atoms with E-state index in [9.17, 15) is 0 Å². The van der Waals surface area contributed by atoms with Crippen LogP contribution in [-0.2, 0) is 0 Å². The van der Waals surface area contributed by atoms with E-state index in [2.05, 4.69) is 40.0 Å². The van der Waals surface area contributed by atoms with Gasteiger partial charge in [-0.3, -0.25) is 4.90 Å². The van der Waals surface area contributed by atoms with Gasteiger partial charge in [0.1, 0.15) is 0 Å². The highest BCUT2D eigenvalue weighted by Gasteiger charge is 2.31. The molecule has 1 fully saturated rings. The number of rotatable bonds is 1. The first-order chi connectivity index (χ1) is 8.75. The minimum atomic E-state index is 0.602. The predicted octanol–water partition coefficient (Wildman–Crippen LogP) is 1.80. The van der Waals surface area contributed by atoms with Gasteiger partial charge in [-0.2, -0.15) is 0 Å². The van der Waals surface area contributed by atoms with Crippen molar-refractivity contribution < 1.29 is 0 Å². The van der Waals surface area contributed by atoms with Crippen molar-refractivity contribution in [1.82, 2.24) is 9.88 Å². The fourth-order valence-corrected chi connectivity index (χ4v) is 3.01. The molecule has 0 spiro atoms. The third kappa shape index (κ3) is 2.05. The lowest BCUT2D eigenvalue weighted by Gasteiger charge is -2.43. The molecule has 18 heavy (non-hydrogen) atoms. The van der Waals surface area contributed by atoms with Gasteiger partial charge in [-0.15, -0.1) is 0 Å². The summed E-state index contributed by atoms with van der Waals surface area (Å²) in [7, 11) is 0. The van der Waals surface area contributed by atoms with Gasteiger partial charge in [-0.05, 0) is 32.4 Å². The lowest BCUT2D eigenvalue weighted by Crippen LogP contribution is -2.55. The summed E-state index contributed by atoms with van der Waals surface area (Å²) in [5, 5.41) is 3.50. The third-order valence-corrected chi connectivity index (χ3v) is 4.10. The van der Waals surface area contributed by atoms with Crippen LogP contribution in [0.15, 0.2) is 18.3 Å². The van der Waals surface area contributed by atoms with Crippen molar-refractivity contribution in [2.45, 2.75) is 32.4 Å². The van der Waals surface area contributed by atoms with Gasteiger partial charge in [0.25, 0.3) is 0 Å². The molecule has 4 heteroatoms.